The van der Waals surface area contributed by atoms with Crippen molar-refractivity contribution in [1.82, 2.24) is 5.32 Å². The van der Waals surface area contributed by atoms with Crippen molar-refractivity contribution >= 4 is 5.91 Å². The Balaban J connectivity index is 2.25. The van der Waals surface area contributed by atoms with Gasteiger partial charge in [0, 0.05) is 6.54 Å². The number of methoxy groups -OCH3 is 1. The number of benzene rings is 2. The van der Waals surface area contributed by atoms with Gasteiger partial charge in [-0.1, -0.05) is 36.4 Å². The molecule has 7 heteroatoms. The summed E-state index contributed by atoms with van der Waals surface area (Å²) in [4.78, 5) is 11.6. The number of hydrogen-bond acceptors (Lipinski definition) is 3. The van der Waals surface area contributed by atoms with Gasteiger partial charge in [-0.15, -0.1) is 0 Å². The number of ether oxygens (including phenoxy) is 1. The van der Waals surface area contributed by atoms with Crippen LogP contribution in [0.4, 0.5) is 13.2 Å². The van der Waals surface area contributed by atoms with Crippen LogP contribution >= 0.6 is 0 Å². The van der Waals surface area contributed by atoms with Gasteiger partial charge in [-0.05, 0) is 23.3 Å². The van der Waals surface area contributed by atoms with Crippen LogP contribution in [0.2, 0.25) is 0 Å². The van der Waals surface area contributed by atoms with Crippen molar-refractivity contribution < 1.29 is 22.7 Å². The van der Waals surface area contributed by atoms with Crippen molar-refractivity contribution in [2.45, 2.75) is 18.8 Å². The highest BCUT2D eigenvalue weighted by molar-refractivity contribution is 5.81. The fourth-order valence-electron chi connectivity index (χ4n) is 2.34. The number of rotatable bonds is 6. The van der Waals surface area contributed by atoms with E-state index in [2.05, 4.69) is 5.32 Å². The summed E-state index contributed by atoms with van der Waals surface area (Å²) >= 11 is 0. The van der Waals surface area contributed by atoms with E-state index in [1.54, 1.807) is 30.3 Å². The molecule has 0 radical (unpaired) electrons. The standard InChI is InChI=1S/C17H17F3N2O2/c1-24-13-8-7-12(14(9-13)17(18,19)20)10-22-15(16(21)23)11-5-3-2-4-6-11/h2-9,15,22H,10H2,1H3,(H2,21,23)/t15-/m0/s1. The van der Waals surface area contributed by atoms with Crippen LogP contribution in [0.5, 0.6) is 5.75 Å². The highest BCUT2D eigenvalue weighted by Gasteiger charge is 2.34. The molecule has 0 spiro atoms. The predicted octanol–water partition coefficient (Wildman–Crippen LogP) is 3.03. The van der Waals surface area contributed by atoms with Crippen LogP contribution in [0.3, 0.4) is 0 Å². The molecule has 0 heterocycles. The van der Waals surface area contributed by atoms with Crippen LogP contribution in [0.25, 0.3) is 0 Å². The zero-order valence-electron chi connectivity index (χ0n) is 12.9. The van der Waals surface area contributed by atoms with Gasteiger partial charge in [0.05, 0.1) is 12.7 Å². The second-order valence-corrected chi connectivity index (χ2v) is 5.15. The summed E-state index contributed by atoms with van der Waals surface area (Å²) in [6, 6.07) is 11.4. The summed E-state index contributed by atoms with van der Waals surface area (Å²) in [5.41, 5.74) is 5.14. The second kappa shape index (κ2) is 7.35. The lowest BCUT2D eigenvalue weighted by Gasteiger charge is -2.19. The maximum atomic E-state index is 13.2. The van der Waals surface area contributed by atoms with Crippen molar-refractivity contribution in [2.24, 2.45) is 5.73 Å². The van der Waals surface area contributed by atoms with Crippen molar-refractivity contribution in [3.63, 3.8) is 0 Å². The average Bonchev–Trinajstić information content (AvgIpc) is 2.55. The van der Waals surface area contributed by atoms with Gasteiger partial charge in [0.2, 0.25) is 5.91 Å². The van der Waals surface area contributed by atoms with Crippen LogP contribution in [-0.2, 0) is 17.5 Å². The molecule has 2 aromatic carbocycles. The molecule has 0 bridgehead atoms. The number of alkyl halides is 3. The lowest BCUT2D eigenvalue weighted by Crippen LogP contribution is -2.33. The van der Waals surface area contributed by atoms with Gasteiger partial charge in [0.15, 0.2) is 0 Å². The number of nitrogens with one attached hydrogen (secondary N) is 1. The maximum absolute atomic E-state index is 13.2. The van der Waals surface area contributed by atoms with Gasteiger partial charge in [0.1, 0.15) is 11.8 Å². The Kier molecular flexibility index (Phi) is 5.46. The van der Waals surface area contributed by atoms with Gasteiger partial charge >= 0.3 is 6.18 Å². The number of carbonyl (C=O) groups excluding carboxylic acids is 1. The van der Waals surface area contributed by atoms with Crippen LogP contribution in [-0.4, -0.2) is 13.0 Å². The number of carbonyl (C=O) groups is 1. The maximum Gasteiger partial charge on any atom is 0.416 e. The summed E-state index contributed by atoms with van der Waals surface area (Å²) in [5, 5.41) is 2.79. The first-order chi connectivity index (χ1) is 11.3. The Bertz CT molecular complexity index is 703. The first-order valence-corrected chi connectivity index (χ1v) is 7.14. The lowest BCUT2D eigenvalue weighted by atomic mass is 10.0. The molecule has 0 aliphatic rings. The number of hydrogen-bond donors (Lipinski definition) is 2. The first-order valence-electron chi connectivity index (χ1n) is 7.14. The third kappa shape index (κ3) is 4.26. The molecule has 128 valence electrons. The monoisotopic (exact) mass is 338 g/mol. The topological polar surface area (TPSA) is 64.3 Å². The summed E-state index contributed by atoms with van der Waals surface area (Å²) in [6.07, 6.45) is -4.53. The molecule has 0 aliphatic carbocycles. The van der Waals surface area contributed by atoms with Crippen LogP contribution in [0.1, 0.15) is 22.7 Å². The molecule has 1 atom stereocenters. The number of halogens is 3. The summed E-state index contributed by atoms with van der Waals surface area (Å²) < 4.78 is 44.4. The molecule has 2 aromatic rings. The average molecular weight is 338 g/mol. The minimum Gasteiger partial charge on any atom is -0.497 e. The number of nitrogens with two attached hydrogens (primary N) is 1. The summed E-state index contributed by atoms with van der Waals surface area (Å²) in [6.45, 7) is -0.165. The normalized spacial score (nSPS) is 12.7. The van der Waals surface area contributed by atoms with E-state index in [4.69, 9.17) is 10.5 Å². The fraction of sp³-hybridized carbons (Fsp3) is 0.235. The van der Waals surface area contributed by atoms with E-state index in [1.807, 2.05) is 0 Å². The minimum absolute atomic E-state index is 0.00508. The molecule has 4 nitrogen and oxygen atoms in total. The molecule has 1 amide bonds. The number of amides is 1. The van der Waals surface area contributed by atoms with Gasteiger partial charge < -0.3 is 10.5 Å². The van der Waals surface area contributed by atoms with Gasteiger partial charge in [-0.25, -0.2) is 0 Å². The van der Waals surface area contributed by atoms with Gasteiger partial charge in [-0.2, -0.15) is 13.2 Å². The van der Waals surface area contributed by atoms with E-state index in [0.29, 0.717) is 5.56 Å². The van der Waals surface area contributed by atoms with E-state index < -0.39 is 23.7 Å². The lowest BCUT2D eigenvalue weighted by molar-refractivity contribution is -0.138. The highest BCUT2D eigenvalue weighted by atomic mass is 19.4. The van der Waals surface area contributed by atoms with Crippen LogP contribution in [0.15, 0.2) is 48.5 Å². The summed E-state index contributed by atoms with van der Waals surface area (Å²) in [5.74, 6) is -0.552. The molecule has 0 saturated heterocycles. The Morgan fingerprint density at radius 3 is 2.42 bits per heavy atom. The molecule has 3 N–H and O–H groups in total. The van der Waals surface area contributed by atoms with E-state index >= 15 is 0 Å². The Hall–Kier alpha value is -2.54. The third-order valence-corrected chi connectivity index (χ3v) is 3.54. The fourth-order valence-corrected chi connectivity index (χ4v) is 2.34. The third-order valence-electron chi connectivity index (χ3n) is 3.54. The van der Waals surface area contributed by atoms with E-state index in [-0.39, 0.29) is 17.9 Å². The Labute approximate surface area is 137 Å². The molecule has 0 unspecified atom stereocenters. The first kappa shape index (κ1) is 17.8. The van der Waals surface area contributed by atoms with Gasteiger partial charge in [-0.3, -0.25) is 10.1 Å². The molecule has 24 heavy (non-hydrogen) atoms. The van der Waals surface area contributed by atoms with Crippen molar-refractivity contribution in [3.8, 4) is 5.75 Å². The smallest absolute Gasteiger partial charge is 0.416 e. The predicted molar refractivity (Wildman–Crippen MR) is 83.2 cm³/mol. The molecule has 0 saturated carbocycles. The Morgan fingerprint density at radius 1 is 1.21 bits per heavy atom. The van der Waals surface area contributed by atoms with Crippen molar-refractivity contribution in [2.75, 3.05) is 7.11 Å². The molecule has 0 aliphatic heterocycles. The van der Waals surface area contributed by atoms with E-state index in [0.717, 1.165) is 6.07 Å². The minimum atomic E-state index is -4.53. The zero-order chi connectivity index (χ0) is 17.7. The van der Waals surface area contributed by atoms with Gasteiger partial charge in [0.25, 0.3) is 0 Å². The summed E-state index contributed by atoms with van der Waals surface area (Å²) in [7, 11) is 1.30. The highest BCUT2D eigenvalue weighted by Crippen LogP contribution is 2.34. The van der Waals surface area contributed by atoms with E-state index in [1.165, 1.54) is 19.2 Å². The zero-order valence-corrected chi connectivity index (χ0v) is 12.9. The van der Waals surface area contributed by atoms with Crippen LogP contribution in [0, 0.1) is 0 Å². The second-order valence-electron chi connectivity index (χ2n) is 5.15. The molecule has 0 fully saturated rings. The molecular weight excluding hydrogens is 321 g/mol. The molecule has 0 aromatic heterocycles. The quantitative estimate of drug-likeness (QED) is 0.851. The number of primary amides is 1. The Morgan fingerprint density at radius 2 is 1.88 bits per heavy atom. The SMILES string of the molecule is COc1ccc(CN[C@H](C(N)=O)c2ccccc2)c(C(F)(F)F)c1. The van der Waals surface area contributed by atoms with Crippen LogP contribution < -0.4 is 15.8 Å². The van der Waals surface area contributed by atoms with Crippen molar-refractivity contribution in [1.29, 1.82) is 0 Å². The van der Waals surface area contributed by atoms with E-state index in [9.17, 15) is 18.0 Å². The molecule has 2 rings (SSSR count). The largest absolute Gasteiger partial charge is 0.497 e. The van der Waals surface area contributed by atoms with Crippen molar-refractivity contribution in [3.05, 3.63) is 65.2 Å². The molecular formula is C17H17F3N2O2.